The van der Waals surface area contributed by atoms with Crippen LogP contribution in [0.3, 0.4) is 0 Å². The van der Waals surface area contributed by atoms with E-state index in [0.717, 1.165) is 35.7 Å². The van der Waals surface area contributed by atoms with Crippen LogP contribution in [0.5, 0.6) is 0 Å². The number of hydrogen-bond acceptors (Lipinski definition) is 3. The van der Waals surface area contributed by atoms with E-state index in [0.29, 0.717) is 6.04 Å². The molecule has 0 aromatic carbocycles. The summed E-state index contributed by atoms with van der Waals surface area (Å²) < 4.78 is 1.88. The Bertz CT molecular complexity index is 551. The predicted octanol–water partition coefficient (Wildman–Crippen LogP) is 2.54. The van der Waals surface area contributed by atoms with Gasteiger partial charge in [0.1, 0.15) is 0 Å². The number of pyridine rings is 1. The summed E-state index contributed by atoms with van der Waals surface area (Å²) in [7, 11) is 3.94. The number of nitrogens with zero attached hydrogens (tertiary/aromatic N) is 3. The molecule has 0 amide bonds. The topological polar surface area (TPSA) is 42.7 Å². The van der Waals surface area contributed by atoms with E-state index >= 15 is 0 Å². The average molecular weight is 293 g/mol. The molecule has 1 unspecified atom stereocenters. The molecule has 0 aliphatic carbocycles. The average Bonchev–Trinajstić information content (AvgIpc) is 2.70. The molecule has 4 nitrogen and oxygen atoms in total. The molecule has 0 saturated carbocycles. The molecule has 1 atom stereocenters. The largest absolute Gasteiger partial charge is 0.317 e. The van der Waals surface area contributed by atoms with Crippen molar-refractivity contribution in [2.45, 2.75) is 32.2 Å². The zero-order valence-electron chi connectivity index (χ0n) is 12.2. The Morgan fingerprint density at radius 3 is 2.80 bits per heavy atom. The summed E-state index contributed by atoms with van der Waals surface area (Å²) in [5.74, 6) is 0. The second-order valence-corrected chi connectivity index (χ2v) is 5.44. The highest BCUT2D eigenvalue weighted by Gasteiger charge is 2.16. The Balaban J connectivity index is 1.99. The molecule has 2 heterocycles. The molecule has 0 aliphatic rings. The lowest BCUT2D eigenvalue weighted by Crippen LogP contribution is -2.29. The first kappa shape index (κ1) is 15.0. The number of nitrogens with one attached hydrogen (secondary N) is 1. The van der Waals surface area contributed by atoms with E-state index in [2.05, 4.69) is 21.5 Å². The van der Waals surface area contributed by atoms with E-state index in [1.54, 1.807) is 6.20 Å². The van der Waals surface area contributed by atoms with E-state index in [1.165, 1.54) is 5.56 Å². The summed E-state index contributed by atoms with van der Waals surface area (Å²) in [5.41, 5.74) is 3.25. The summed E-state index contributed by atoms with van der Waals surface area (Å²) in [6.07, 6.45) is 6.66. The Labute approximate surface area is 125 Å². The first-order valence-electron chi connectivity index (χ1n) is 6.86. The van der Waals surface area contributed by atoms with Gasteiger partial charge in [-0.05, 0) is 38.4 Å². The molecular formula is C15H21ClN4. The summed E-state index contributed by atoms with van der Waals surface area (Å²) in [6, 6.07) is 4.47. The van der Waals surface area contributed by atoms with Crippen molar-refractivity contribution in [2.75, 3.05) is 7.05 Å². The van der Waals surface area contributed by atoms with Gasteiger partial charge >= 0.3 is 0 Å². The molecule has 0 saturated heterocycles. The van der Waals surface area contributed by atoms with Crippen LogP contribution >= 0.6 is 11.6 Å². The van der Waals surface area contributed by atoms with Gasteiger partial charge in [-0.1, -0.05) is 17.7 Å². The number of halogens is 1. The van der Waals surface area contributed by atoms with Gasteiger partial charge in [-0.2, -0.15) is 5.10 Å². The Morgan fingerprint density at radius 1 is 1.45 bits per heavy atom. The normalized spacial score (nSPS) is 12.6. The Hall–Kier alpha value is -1.39. The first-order chi connectivity index (χ1) is 9.61. The van der Waals surface area contributed by atoms with E-state index < -0.39 is 0 Å². The number of aromatic nitrogens is 3. The number of likely N-dealkylation sites (N-methyl/N-ethyl adjacent to an activating group) is 1. The Morgan fingerprint density at radius 2 is 2.25 bits per heavy atom. The molecule has 0 spiro atoms. The monoisotopic (exact) mass is 292 g/mol. The van der Waals surface area contributed by atoms with Crippen LogP contribution in [-0.4, -0.2) is 27.9 Å². The molecule has 0 bridgehead atoms. The standard InChI is InChI=1S/C15H21ClN4/c1-11-15(16)14(20(3)19-11)9-13(17-2)7-6-12-5-4-8-18-10-12/h4-5,8,10,13,17H,6-7,9H2,1-3H3. The van der Waals surface area contributed by atoms with Gasteiger partial charge in [-0.15, -0.1) is 0 Å². The van der Waals surface area contributed by atoms with Crippen LogP contribution in [0.2, 0.25) is 5.02 Å². The van der Waals surface area contributed by atoms with Gasteiger partial charge in [0, 0.05) is 31.9 Å². The van der Waals surface area contributed by atoms with E-state index in [1.807, 2.05) is 38.0 Å². The van der Waals surface area contributed by atoms with Crippen LogP contribution in [0.15, 0.2) is 24.5 Å². The van der Waals surface area contributed by atoms with Gasteiger partial charge in [0.15, 0.2) is 0 Å². The molecule has 2 aromatic rings. The van der Waals surface area contributed by atoms with Crippen molar-refractivity contribution in [3.8, 4) is 0 Å². The number of hydrogen-bond donors (Lipinski definition) is 1. The molecule has 108 valence electrons. The first-order valence-corrected chi connectivity index (χ1v) is 7.23. The van der Waals surface area contributed by atoms with Gasteiger partial charge in [0.2, 0.25) is 0 Å². The number of rotatable bonds is 6. The smallest absolute Gasteiger partial charge is 0.0847 e. The molecule has 2 rings (SSSR count). The fourth-order valence-corrected chi connectivity index (χ4v) is 2.61. The maximum atomic E-state index is 6.31. The van der Waals surface area contributed by atoms with Gasteiger partial charge < -0.3 is 5.32 Å². The molecule has 20 heavy (non-hydrogen) atoms. The van der Waals surface area contributed by atoms with Crippen molar-refractivity contribution in [1.29, 1.82) is 0 Å². The Kier molecular flexibility index (Phi) is 5.15. The van der Waals surface area contributed by atoms with Crippen LogP contribution in [-0.2, 0) is 19.9 Å². The highest BCUT2D eigenvalue weighted by atomic mass is 35.5. The molecule has 0 fully saturated rings. The quantitative estimate of drug-likeness (QED) is 0.890. The van der Waals surface area contributed by atoms with Gasteiger partial charge in [-0.3, -0.25) is 9.67 Å². The van der Waals surface area contributed by atoms with Gasteiger partial charge in [0.25, 0.3) is 0 Å². The molecule has 2 aromatic heterocycles. The van der Waals surface area contributed by atoms with Crippen LogP contribution in [0, 0.1) is 6.92 Å². The van der Waals surface area contributed by atoms with Crippen molar-refractivity contribution < 1.29 is 0 Å². The van der Waals surface area contributed by atoms with Crippen LogP contribution in [0.1, 0.15) is 23.4 Å². The summed E-state index contributed by atoms with van der Waals surface area (Å²) in [5, 5.41) is 8.51. The van der Waals surface area contributed by atoms with Crippen molar-refractivity contribution in [1.82, 2.24) is 20.1 Å². The van der Waals surface area contributed by atoms with Crippen molar-refractivity contribution in [3.05, 3.63) is 46.5 Å². The summed E-state index contributed by atoms with van der Waals surface area (Å²) >= 11 is 6.31. The highest BCUT2D eigenvalue weighted by Crippen LogP contribution is 2.21. The van der Waals surface area contributed by atoms with Crippen LogP contribution in [0.4, 0.5) is 0 Å². The molecule has 5 heteroatoms. The lowest BCUT2D eigenvalue weighted by atomic mass is 10.0. The third-order valence-corrected chi connectivity index (χ3v) is 4.11. The van der Waals surface area contributed by atoms with E-state index in [-0.39, 0.29) is 0 Å². The summed E-state index contributed by atoms with van der Waals surface area (Å²) in [6.45, 7) is 1.94. The molecule has 0 aliphatic heterocycles. The fraction of sp³-hybridized carbons (Fsp3) is 0.467. The lowest BCUT2D eigenvalue weighted by molar-refractivity contribution is 0.503. The van der Waals surface area contributed by atoms with Gasteiger partial charge in [0.05, 0.1) is 16.4 Å². The molecular weight excluding hydrogens is 272 g/mol. The fourth-order valence-electron chi connectivity index (χ4n) is 2.37. The SMILES string of the molecule is CNC(CCc1cccnc1)Cc1c(Cl)c(C)nn1C. The second kappa shape index (κ2) is 6.86. The third-order valence-electron chi connectivity index (χ3n) is 3.61. The van der Waals surface area contributed by atoms with Crippen molar-refractivity contribution in [2.24, 2.45) is 7.05 Å². The molecule has 1 N–H and O–H groups in total. The predicted molar refractivity (Wildman–Crippen MR) is 82.1 cm³/mol. The summed E-state index contributed by atoms with van der Waals surface area (Å²) in [4.78, 5) is 4.15. The van der Waals surface area contributed by atoms with E-state index in [4.69, 9.17) is 11.6 Å². The third kappa shape index (κ3) is 3.58. The molecule has 0 radical (unpaired) electrons. The van der Waals surface area contributed by atoms with Gasteiger partial charge in [-0.25, -0.2) is 0 Å². The zero-order valence-corrected chi connectivity index (χ0v) is 13.0. The highest BCUT2D eigenvalue weighted by molar-refractivity contribution is 6.31. The van der Waals surface area contributed by atoms with Crippen LogP contribution in [0.25, 0.3) is 0 Å². The lowest BCUT2D eigenvalue weighted by Gasteiger charge is -2.16. The maximum Gasteiger partial charge on any atom is 0.0847 e. The second-order valence-electron chi connectivity index (χ2n) is 5.06. The van der Waals surface area contributed by atoms with Crippen molar-refractivity contribution >= 4 is 11.6 Å². The minimum Gasteiger partial charge on any atom is -0.317 e. The van der Waals surface area contributed by atoms with Crippen LogP contribution < -0.4 is 5.32 Å². The number of aryl methyl sites for hydroxylation is 3. The zero-order chi connectivity index (χ0) is 14.5. The minimum atomic E-state index is 0.377. The maximum absolute atomic E-state index is 6.31. The minimum absolute atomic E-state index is 0.377. The van der Waals surface area contributed by atoms with Crippen molar-refractivity contribution in [3.63, 3.8) is 0 Å². The van der Waals surface area contributed by atoms with E-state index in [9.17, 15) is 0 Å².